The van der Waals surface area contributed by atoms with Crippen molar-refractivity contribution in [3.63, 3.8) is 0 Å². The van der Waals surface area contributed by atoms with Crippen molar-refractivity contribution in [3.8, 4) is 0 Å². The third-order valence-corrected chi connectivity index (χ3v) is 4.21. The molecule has 0 fully saturated rings. The van der Waals surface area contributed by atoms with Crippen LogP contribution in [0.15, 0.2) is 24.3 Å². The molecule has 0 aliphatic heterocycles. The fourth-order valence-electron chi connectivity index (χ4n) is 2.07. The average molecular weight is 288 g/mol. The van der Waals surface area contributed by atoms with E-state index < -0.39 is 6.43 Å². The molecule has 2 N–H and O–H groups in total. The van der Waals surface area contributed by atoms with Crippen LogP contribution in [-0.4, -0.2) is 36.5 Å². The molecule has 108 valence electrons. The molecule has 0 aliphatic carbocycles. The van der Waals surface area contributed by atoms with E-state index in [2.05, 4.69) is 18.1 Å². The Hall–Kier alpha value is -0.650. The van der Waals surface area contributed by atoms with Gasteiger partial charge in [0.15, 0.2) is 0 Å². The van der Waals surface area contributed by atoms with Crippen molar-refractivity contribution in [1.29, 1.82) is 0 Å². The first-order valence-electron chi connectivity index (χ1n) is 6.30. The van der Waals surface area contributed by atoms with E-state index >= 15 is 0 Å². The lowest BCUT2D eigenvalue weighted by Gasteiger charge is -2.32. The van der Waals surface area contributed by atoms with Crippen LogP contribution in [0, 0.1) is 0 Å². The summed E-state index contributed by atoms with van der Waals surface area (Å²) in [5, 5.41) is 0. The number of halogens is 2. The molecule has 1 aromatic carbocycles. The van der Waals surface area contributed by atoms with E-state index in [1.165, 1.54) is 12.1 Å². The Morgan fingerprint density at radius 1 is 1.21 bits per heavy atom. The summed E-state index contributed by atoms with van der Waals surface area (Å²) in [6, 6.07) is 6.92. The number of likely N-dealkylation sites (N-methyl/N-ethyl adjacent to an activating group) is 1. The van der Waals surface area contributed by atoms with Gasteiger partial charge < -0.3 is 5.73 Å². The highest BCUT2D eigenvalue weighted by Gasteiger charge is 2.20. The maximum Gasteiger partial charge on any atom is 0.263 e. The van der Waals surface area contributed by atoms with Crippen LogP contribution in [0.1, 0.15) is 30.5 Å². The lowest BCUT2D eigenvalue weighted by molar-refractivity contribution is 0.151. The second-order valence-corrected chi connectivity index (χ2v) is 5.60. The molecule has 0 aliphatic rings. The first-order chi connectivity index (χ1) is 9.01. The molecule has 5 heteroatoms. The van der Waals surface area contributed by atoms with Crippen molar-refractivity contribution in [2.45, 2.75) is 25.4 Å². The van der Waals surface area contributed by atoms with E-state index in [-0.39, 0.29) is 11.6 Å². The summed E-state index contributed by atoms with van der Waals surface area (Å²) < 4.78 is 25.1. The van der Waals surface area contributed by atoms with Crippen molar-refractivity contribution in [2.75, 3.05) is 25.6 Å². The van der Waals surface area contributed by atoms with E-state index in [9.17, 15) is 8.78 Å². The SMILES string of the molecule is CSCC(C)N(C)C(CN)c1ccc(C(F)F)cc1. The van der Waals surface area contributed by atoms with Crippen LogP contribution in [-0.2, 0) is 0 Å². The fourth-order valence-corrected chi connectivity index (χ4v) is 2.78. The van der Waals surface area contributed by atoms with Gasteiger partial charge in [-0.15, -0.1) is 0 Å². The highest BCUT2D eigenvalue weighted by atomic mass is 32.2. The number of nitrogens with two attached hydrogens (primary N) is 1. The molecular formula is C14H22F2N2S. The zero-order valence-electron chi connectivity index (χ0n) is 11.6. The molecule has 0 spiro atoms. The summed E-state index contributed by atoms with van der Waals surface area (Å²) in [5.41, 5.74) is 6.88. The monoisotopic (exact) mass is 288 g/mol. The minimum Gasteiger partial charge on any atom is -0.329 e. The van der Waals surface area contributed by atoms with Crippen molar-refractivity contribution >= 4 is 11.8 Å². The Morgan fingerprint density at radius 2 is 1.74 bits per heavy atom. The molecule has 0 amide bonds. The number of hydrogen-bond donors (Lipinski definition) is 1. The fraction of sp³-hybridized carbons (Fsp3) is 0.571. The average Bonchev–Trinajstić information content (AvgIpc) is 2.40. The van der Waals surface area contributed by atoms with Crippen LogP contribution in [0.4, 0.5) is 8.78 Å². The normalized spacial score (nSPS) is 14.9. The van der Waals surface area contributed by atoms with Crippen LogP contribution >= 0.6 is 11.8 Å². The quantitative estimate of drug-likeness (QED) is 0.834. The third-order valence-electron chi connectivity index (χ3n) is 3.39. The molecule has 2 unspecified atom stereocenters. The predicted molar refractivity (Wildman–Crippen MR) is 78.8 cm³/mol. The number of alkyl halides is 2. The Balaban J connectivity index is 2.84. The topological polar surface area (TPSA) is 29.3 Å². The molecule has 0 bridgehead atoms. The Morgan fingerprint density at radius 3 is 2.16 bits per heavy atom. The lowest BCUT2D eigenvalue weighted by Crippen LogP contribution is -2.38. The van der Waals surface area contributed by atoms with Gasteiger partial charge >= 0.3 is 0 Å². The van der Waals surface area contributed by atoms with Crippen molar-refractivity contribution < 1.29 is 8.78 Å². The summed E-state index contributed by atoms with van der Waals surface area (Å²) in [4.78, 5) is 2.20. The minimum absolute atomic E-state index is 0.0549. The number of rotatable bonds is 7. The largest absolute Gasteiger partial charge is 0.329 e. The van der Waals surface area contributed by atoms with Gasteiger partial charge in [0, 0.05) is 29.9 Å². The molecular weight excluding hydrogens is 266 g/mol. The van der Waals surface area contributed by atoms with Crippen LogP contribution in [0.5, 0.6) is 0 Å². The first kappa shape index (κ1) is 16.4. The minimum atomic E-state index is -2.42. The maximum absolute atomic E-state index is 12.5. The van der Waals surface area contributed by atoms with Gasteiger partial charge in [-0.25, -0.2) is 8.78 Å². The van der Waals surface area contributed by atoms with E-state index in [0.29, 0.717) is 12.6 Å². The summed E-state index contributed by atoms with van der Waals surface area (Å²) in [6.07, 6.45) is -0.349. The standard InChI is InChI=1S/C14H22F2N2S/c1-10(9-19-3)18(2)13(8-17)11-4-6-12(7-5-11)14(15)16/h4-7,10,13-14H,8-9,17H2,1-3H3. The Labute approximate surface area is 118 Å². The zero-order valence-corrected chi connectivity index (χ0v) is 12.5. The van der Waals surface area contributed by atoms with Gasteiger partial charge in [-0.2, -0.15) is 11.8 Å². The molecule has 2 atom stereocenters. The molecule has 1 rings (SSSR count). The second-order valence-electron chi connectivity index (χ2n) is 4.69. The zero-order chi connectivity index (χ0) is 14.4. The van der Waals surface area contributed by atoms with Gasteiger partial charge in [0.25, 0.3) is 6.43 Å². The van der Waals surface area contributed by atoms with E-state index in [1.54, 1.807) is 23.9 Å². The van der Waals surface area contributed by atoms with Crippen molar-refractivity contribution in [3.05, 3.63) is 35.4 Å². The molecule has 0 saturated carbocycles. The van der Waals surface area contributed by atoms with Gasteiger partial charge in [-0.3, -0.25) is 4.90 Å². The predicted octanol–water partition coefficient (Wildman–Crippen LogP) is 3.31. The second kappa shape index (κ2) is 7.82. The molecule has 2 nitrogen and oxygen atoms in total. The van der Waals surface area contributed by atoms with Gasteiger partial charge in [-0.1, -0.05) is 24.3 Å². The summed E-state index contributed by atoms with van der Waals surface area (Å²) in [5.74, 6) is 1.02. The highest BCUT2D eigenvalue weighted by molar-refractivity contribution is 7.98. The molecule has 0 aromatic heterocycles. The number of thioether (sulfide) groups is 1. The third kappa shape index (κ3) is 4.44. The smallest absolute Gasteiger partial charge is 0.263 e. The first-order valence-corrected chi connectivity index (χ1v) is 7.69. The Bertz CT molecular complexity index is 370. The van der Waals surface area contributed by atoms with Crippen LogP contribution in [0.25, 0.3) is 0 Å². The maximum atomic E-state index is 12.5. The molecule has 0 heterocycles. The van der Waals surface area contributed by atoms with Crippen LogP contribution in [0.3, 0.4) is 0 Å². The van der Waals surface area contributed by atoms with Crippen molar-refractivity contribution in [1.82, 2.24) is 4.90 Å². The van der Waals surface area contributed by atoms with Gasteiger partial charge in [0.2, 0.25) is 0 Å². The summed E-state index contributed by atoms with van der Waals surface area (Å²) in [6.45, 7) is 2.62. The number of benzene rings is 1. The number of nitrogens with zero attached hydrogens (tertiary/aromatic N) is 1. The summed E-state index contributed by atoms with van der Waals surface area (Å²) >= 11 is 1.79. The van der Waals surface area contributed by atoms with Crippen LogP contribution < -0.4 is 5.73 Å². The number of hydrogen-bond acceptors (Lipinski definition) is 3. The summed E-state index contributed by atoms with van der Waals surface area (Å²) in [7, 11) is 2.03. The van der Waals surface area contributed by atoms with Gasteiger partial charge in [0.05, 0.1) is 0 Å². The van der Waals surface area contributed by atoms with Crippen LogP contribution in [0.2, 0.25) is 0 Å². The van der Waals surface area contributed by atoms with Crippen molar-refractivity contribution in [2.24, 2.45) is 5.73 Å². The highest BCUT2D eigenvalue weighted by Crippen LogP contribution is 2.25. The molecule has 19 heavy (non-hydrogen) atoms. The molecule has 1 aromatic rings. The van der Waals surface area contributed by atoms with Gasteiger partial charge in [-0.05, 0) is 25.8 Å². The Kier molecular flexibility index (Phi) is 6.75. The lowest BCUT2D eigenvalue weighted by atomic mass is 10.0. The van der Waals surface area contributed by atoms with E-state index in [4.69, 9.17) is 5.73 Å². The molecule has 0 saturated heterocycles. The van der Waals surface area contributed by atoms with E-state index in [0.717, 1.165) is 11.3 Å². The van der Waals surface area contributed by atoms with E-state index in [1.807, 2.05) is 7.05 Å². The molecule has 0 radical (unpaired) electrons. The van der Waals surface area contributed by atoms with Gasteiger partial charge in [0.1, 0.15) is 0 Å².